The molecule has 28 heavy (non-hydrogen) atoms. The van der Waals surface area contributed by atoms with Crippen molar-refractivity contribution in [2.75, 3.05) is 39.4 Å². The smallest absolute Gasteiger partial charge is 0.241 e. The third kappa shape index (κ3) is 4.21. The van der Waals surface area contributed by atoms with E-state index in [-0.39, 0.29) is 29.8 Å². The molecule has 0 bridgehead atoms. The van der Waals surface area contributed by atoms with Crippen LogP contribution in [0.1, 0.15) is 36.4 Å². The van der Waals surface area contributed by atoms with Gasteiger partial charge in [-0.05, 0) is 31.7 Å². The Bertz CT molecular complexity index is 694. The van der Waals surface area contributed by atoms with Gasteiger partial charge in [0.25, 0.3) is 0 Å². The summed E-state index contributed by atoms with van der Waals surface area (Å²) < 4.78 is 5.33. The van der Waals surface area contributed by atoms with Crippen molar-refractivity contribution in [3.63, 3.8) is 0 Å². The highest BCUT2D eigenvalue weighted by molar-refractivity contribution is 5.83. The van der Waals surface area contributed by atoms with Crippen LogP contribution in [0.3, 0.4) is 0 Å². The molecule has 2 amide bonds. The van der Waals surface area contributed by atoms with Crippen LogP contribution in [0, 0.1) is 12.8 Å². The van der Waals surface area contributed by atoms with Crippen molar-refractivity contribution in [3.05, 3.63) is 35.4 Å². The van der Waals surface area contributed by atoms with E-state index in [9.17, 15) is 9.59 Å². The number of hydrogen-bond acceptors (Lipinski definition) is 5. The van der Waals surface area contributed by atoms with E-state index in [0.717, 1.165) is 19.3 Å². The van der Waals surface area contributed by atoms with Gasteiger partial charge in [-0.15, -0.1) is 0 Å². The van der Waals surface area contributed by atoms with Gasteiger partial charge in [0, 0.05) is 38.1 Å². The predicted octanol–water partition coefficient (Wildman–Crippen LogP) is 1.00. The van der Waals surface area contributed by atoms with Crippen molar-refractivity contribution in [1.82, 2.24) is 20.7 Å². The van der Waals surface area contributed by atoms with E-state index < -0.39 is 0 Å². The Kier molecular flexibility index (Phi) is 5.94. The first kappa shape index (κ1) is 19.4. The quantitative estimate of drug-likeness (QED) is 0.811. The van der Waals surface area contributed by atoms with Gasteiger partial charge in [0.1, 0.15) is 6.04 Å². The first-order valence-electron chi connectivity index (χ1n) is 10.3. The minimum atomic E-state index is -0.210. The SMILES string of the molecule is Cc1ccc(C2CC(C(=O)N3CCC(C(=O)N4CCOCC4)CC3)NN2)cc1. The molecule has 2 N–H and O–H groups in total. The number of rotatable bonds is 3. The van der Waals surface area contributed by atoms with Crippen molar-refractivity contribution >= 4 is 11.8 Å². The lowest BCUT2D eigenvalue weighted by Crippen LogP contribution is -2.51. The van der Waals surface area contributed by atoms with Crippen LogP contribution in [-0.2, 0) is 14.3 Å². The van der Waals surface area contributed by atoms with Gasteiger partial charge < -0.3 is 14.5 Å². The molecule has 0 radical (unpaired) electrons. The average Bonchev–Trinajstić information content (AvgIpc) is 3.24. The number of hydrogen-bond donors (Lipinski definition) is 2. The second kappa shape index (κ2) is 8.59. The lowest BCUT2D eigenvalue weighted by molar-refractivity contribution is -0.144. The Hall–Kier alpha value is -1.96. The number of piperidine rings is 1. The fourth-order valence-electron chi connectivity index (χ4n) is 4.34. The van der Waals surface area contributed by atoms with Crippen molar-refractivity contribution < 1.29 is 14.3 Å². The molecule has 4 rings (SSSR count). The molecular weight excluding hydrogens is 356 g/mol. The van der Waals surface area contributed by atoms with Gasteiger partial charge in [-0.2, -0.15) is 0 Å². The van der Waals surface area contributed by atoms with E-state index in [4.69, 9.17) is 4.74 Å². The van der Waals surface area contributed by atoms with Crippen molar-refractivity contribution in [2.45, 2.75) is 38.3 Å². The standard InChI is InChI=1S/C21H30N4O3/c1-15-2-4-16(5-3-15)18-14-19(23-22-18)21(27)24-8-6-17(7-9-24)20(26)25-10-12-28-13-11-25/h2-5,17-19,22-23H,6-14H2,1H3. The van der Waals surface area contributed by atoms with Gasteiger partial charge in [0.2, 0.25) is 11.8 Å². The summed E-state index contributed by atoms with van der Waals surface area (Å²) >= 11 is 0. The van der Waals surface area contributed by atoms with Crippen molar-refractivity contribution in [1.29, 1.82) is 0 Å². The number of morpholine rings is 1. The molecule has 7 heteroatoms. The summed E-state index contributed by atoms with van der Waals surface area (Å²) in [5.41, 5.74) is 8.87. The number of nitrogens with one attached hydrogen (secondary N) is 2. The molecule has 0 aliphatic carbocycles. The number of nitrogens with zero attached hydrogens (tertiary/aromatic N) is 2. The minimum Gasteiger partial charge on any atom is -0.378 e. The largest absolute Gasteiger partial charge is 0.378 e. The van der Waals surface area contributed by atoms with Gasteiger partial charge in [0.15, 0.2) is 0 Å². The maximum absolute atomic E-state index is 12.9. The molecule has 3 aliphatic heterocycles. The van der Waals surface area contributed by atoms with E-state index in [2.05, 4.69) is 42.0 Å². The first-order chi connectivity index (χ1) is 13.6. The Labute approximate surface area is 166 Å². The summed E-state index contributed by atoms with van der Waals surface area (Å²) in [6, 6.07) is 8.37. The molecule has 0 aromatic heterocycles. The predicted molar refractivity (Wildman–Crippen MR) is 105 cm³/mol. The van der Waals surface area contributed by atoms with Gasteiger partial charge in [-0.25, -0.2) is 10.9 Å². The molecular formula is C21H30N4O3. The number of carbonyl (C=O) groups excluding carboxylic acids is 2. The zero-order chi connectivity index (χ0) is 19.5. The molecule has 3 heterocycles. The lowest BCUT2D eigenvalue weighted by Gasteiger charge is -2.36. The molecule has 3 saturated heterocycles. The number of amides is 2. The lowest BCUT2D eigenvalue weighted by atomic mass is 9.94. The minimum absolute atomic E-state index is 0.0390. The Morgan fingerprint density at radius 2 is 1.57 bits per heavy atom. The van der Waals surface area contributed by atoms with Gasteiger partial charge >= 0.3 is 0 Å². The molecule has 7 nitrogen and oxygen atoms in total. The third-order valence-corrected chi connectivity index (χ3v) is 6.16. The normalized spacial score (nSPS) is 26.5. The van der Waals surface area contributed by atoms with Crippen LogP contribution in [0.2, 0.25) is 0 Å². The molecule has 2 atom stereocenters. The van der Waals surface area contributed by atoms with Crippen LogP contribution in [0.15, 0.2) is 24.3 Å². The maximum atomic E-state index is 12.9. The van der Waals surface area contributed by atoms with Crippen molar-refractivity contribution in [2.24, 2.45) is 5.92 Å². The van der Waals surface area contributed by atoms with Crippen LogP contribution in [0.4, 0.5) is 0 Å². The highest BCUT2D eigenvalue weighted by Crippen LogP contribution is 2.26. The fraction of sp³-hybridized carbons (Fsp3) is 0.619. The zero-order valence-electron chi connectivity index (χ0n) is 16.5. The van der Waals surface area contributed by atoms with Crippen LogP contribution < -0.4 is 10.9 Å². The van der Waals surface area contributed by atoms with Crippen LogP contribution >= 0.6 is 0 Å². The Morgan fingerprint density at radius 1 is 0.929 bits per heavy atom. The van der Waals surface area contributed by atoms with Crippen LogP contribution in [0.5, 0.6) is 0 Å². The summed E-state index contributed by atoms with van der Waals surface area (Å²) in [6.45, 7) is 6.03. The van der Waals surface area contributed by atoms with Gasteiger partial charge in [-0.1, -0.05) is 29.8 Å². The molecule has 3 aliphatic rings. The number of benzene rings is 1. The highest BCUT2D eigenvalue weighted by Gasteiger charge is 2.36. The van der Waals surface area contributed by atoms with Crippen LogP contribution in [-0.4, -0.2) is 67.0 Å². The second-order valence-corrected chi connectivity index (χ2v) is 8.08. The molecule has 0 saturated carbocycles. The summed E-state index contributed by atoms with van der Waals surface area (Å²) in [4.78, 5) is 29.4. The summed E-state index contributed by atoms with van der Waals surface area (Å²) in [7, 11) is 0. The van der Waals surface area contributed by atoms with E-state index >= 15 is 0 Å². The monoisotopic (exact) mass is 386 g/mol. The average molecular weight is 386 g/mol. The van der Waals surface area contributed by atoms with Crippen molar-refractivity contribution in [3.8, 4) is 0 Å². The fourth-order valence-corrected chi connectivity index (χ4v) is 4.34. The van der Waals surface area contributed by atoms with E-state index in [0.29, 0.717) is 39.4 Å². The summed E-state index contributed by atoms with van der Waals surface area (Å²) in [5, 5.41) is 0. The highest BCUT2D eigenvalue weighted by atomic mass is 16.5. The third-order valence-electron chi connectivity index (χ3n) is 6.16. The number of carbonyl (C=O) groups is 2. The molecule has 2 unspecified atom stereocenters. The molecule has 1 aromatic carbocycles. The zero-order valence-corrected chi connectivity index (χ0v) is 16.5. The van der Waals surface area contributed by atoms with E-state index in [1.54, 1.807) is 0 Å². The van der Waals surface area contributed by atoms with Gasteiger partial charge in [-0.3, -0.25) is 9.59 Å². The summed E-state index contributed by atoms with van der Waals surface area (Å²) in [6.07, 6.45) is 2.25. The molecule has 3 fully saturated rings. The second-order valence-electron chi connectivity index (χ2n) is 8.08. The summed E-state index contributed by atoms with van der Waals surface area (Å²) in [5.74, 6) is 0.409. The Morgan fingerprint density at radius 3 is 2.25 bits per heavy atom. The van der Waals surface area contributed by atoms with Crippen LogP contribution in [0.25, 0.3) is 0 Å². The maximum Gasteiger partial charge on any atom is 0.241 e. The number of ether oxygens (including phenoxy) is 1. The first-order valence-corrected chi connectivity index (χ1v) is 10.3. The molecule has 1 aromatic rings. The van der Waals surface area contributed by atoms with E-state index in [1.165, 1.54) is 11.1 Å². The van der Waals surface area contributed by atoms with Gasteiger partial charge in [0.05, 0.1) is 13.2 Å². The van der Waals surface area contributed by atoms with E-state index in [1.807, 2.05) is 9.80 Å². The Balaban J connectivity index is 1.27. The molecule has 0 spiro atoms. The number of aryl methyl sites for hydroxylation is 1. The molecule has 152 valence electrons. The topological polar surface area (TPSA) is 73.9 Å². The number of likely N-dealkylation sites (tertiary alicyclic amines) is 1. The number of hydrazine groups is 1.